The average Bonchev–Trinajstić information content (AvgIpc) is 2.71. The van der Waals surface area contributed by atoms with Gasteiger partial charge in [0.2, 0.25) is 0 Å². The Hall–Kier alpha value is -1.30. The maximum atomic E-state index is 12.0. The first-order valence-corrected chi connectivity index (χ1v) is 7.49. The van der Waals surface area contributed by atoms with Gasteiger partial charge in [0.05, 0.1) is 5.69 Å². The summed E-state index contributed by atoms with van der Waals surface area (Å²) in [6.07, 6.45) is 0.634. The summed E-state index contributed by atoms with van der Waals surface area (Å²) in [4.78, 5) is 16.5. The van der Waals surface area contributed by atoms with E-state index in [0.29, 0.717) is 38.7 Å². The number of carbonyl (C=O) groups excluding carboxylic acids is 1. The van der Waals surface area contributed by atoms with Crippen LogP contribution in [-0.4, -0.2) is 17.4 Å². The maximum Gasteiger partial charge on any atom is 0.263 e. The molecule has 0 aliphatic heterocycles. The number of nitrogens with one attached hydrogen (secondary N) is 1. The molecule has 3 N–H and O–H groups in total. The predicted octanol–water partition coefficient (Wildman–Crippen LogP) is 3.31. The lowest BCUT2D eigenvalue weighted by molar-refractivity contribution is 0.0957. The molecule has 0 radical (unpaired) electrons. The van der Waals surface area contributed by atoms with Gasteiger partial charge >= 0.3 is 0 Å². The van der Waals surface area contributed by atoms with Crippen LogP contribution in [0.2, 0.25) is 10.0 Å². The quantitative estimate of drug-likeness (QED) is 0.904. The van der Waals surface area contributed by atoms with Gasteiger partial charge in [-0.15, -0.1) is 0 Å². The van der Waals surface area contributed by atoms with Gasteiger partial charge in [-0.3, -0.25) is 4.79 Å². The van der Waals surface area contributed by atoms with Crippen molar-refractivity contribution < 1.29 is 4.79 Å². The van der Waals surface area contributed by atoms with Crippen LogP contribution >= 0.6 is 34.5 Å². The van der Waals surface area contributed by atoms with Gasteiger partial charge in [-0.25, -0.2) is 4.98 Å². The molecule has 7 heteroatoms. The minimum absolute atomic E-state index is 0.165. The molecule has 0 fully saturated rings. The van der Waals surface area contributed by atoms with Gasteiger partial charge in [-0.1, -0.05) is 40.6 Å². The number of aryl methyl sites for hydroxylation is 1. The molecule has 1 aromatic carbocycles. The van der Waals surface area contributed by atoms with Gasteiger partial charge in [0.15, 0.2) is 5.13 Å². The summed E-state index contributed by atoms with van der Waals surface area (Å²) in [5, 5.41) is 4.42. The van der Waals surface area contributed by atoms with Crippen molar-refractivity contribution >= 4 is 45.6 Å². The summed E-state index contributed by atoms with van der Waals surface area (Å²) in [6.45, 7) is 2.25. The fourth-order valence-corrected chi connectivity index (χ4v) is 3.00. The predicted molar refractivity (Wildman–Crippen MR) is 83.8 cm³/mol. The van der Waals surface area contributed by atoms with Gasteiger partial charge in [-0.2, -0.15) is 0 Å². The summed E-state index contributed by atoms with van der Waals surface area (Å²) in [5.74, 6) is -0.165. The number of hydrogen-bond donors (Lipinski definition) is 2. The Bertz CT molecular complexity index is 643. The maximum absolute atomic E-state index is 12.0. The third-order valence-corrected chi connectivity index (χ3v) is 4.29. The van der Waals surface area contributed by atoms with E-state index in [4.69, 9.17) is 28.9 Å². The van der Waals surface area contributed by atoms with Crippen molar-refractivity contribution in [1.29, 1.82) is 0 Å². The number of anilines is 1. The van der Waals surface area contributed by atoms with E-state index < -0.39 is 0 Å². The first kappa shape index (κ1) is 15.1. The van der Waals surface area contributed by atoms with E-state index in [0.717, 1.165) is 5.56 Å². The van der Waals surface area contributed by atoms with E-state index in [9.17, 15) is 4.79 Å². The molecule has 1 heterocycles. The molecule has 0 saturated heterocycles. The number of carbonyl (C=O) groups is 1. The summed E-state index contributed by atoms with van der Waals surface area (Å²) >= 11 is 13.1. The number of rotatable bonds is 4. The van der Waals surface area contributed by atoms with E-state index >= 15 is 0 Å². The number of halogens is 2. The Balaban J connectivity index is 1.93. The lowest BCUT2D eigenvalue weighted by Gasteiger charge is -2.06. The lowest BCUT2D eigenvalue weighted by Crippen LogP contribution is -2.25. The minimum atomic E-state index is -0.165. The van der Waals surface area contributed by atoms with Crippen LogP contribution in [0.25, 0.3) is 0 Å². The molecule has 0 aliphatic rings. The number of nitrogens with two attached hydrogens (primary N) is 1. The Morgan fingerprint density at radius 3 is 2.80 bits per heavy atom. The second kappa shape index (κ2) is 6.43. The summed E-state index contributed by atoms with van der Waals surface area (Å²) < 4.78 is 0. The highest BCUT2D eigenvalue weighted by atomic mass is 35.5. The van der Waals surface area contributed by atoms with Crippen LogP contribution in [0.15, 0.2) is 18.2 Å². The molecule has 0 atom stereocenters. The zero-order valence-electron chi connectivity index (χ0n) is 10.7. The molecule has 0 saturated carbocycles. The number of aromatic nitrogens is 1. The molecule has 4 nitrogen and oxygen atoms in total. The van der Waals surface area contributed by atoms with E-state index in [1.165, 1.54) is 11.3 Å². The van der Waals surface area contributed by atoms with Crippen molar-refractivity contribution in [2.75, 3.05) is 12.3 Å². The van der Waals surface area contributed by atoms with Crippen LogP contribution in [0, 0.1) is 6.92 Å². The SMILES string of the molecule is Cc1nc(N)sc1C(=O)NCCc1ccc(Cl)cc1Cl. The minimum Gasteiger partial charge on any atom is -0.375 e. The van der Waals surface area contributed by atoms with Crippen molar-refractivity contribution in [3.8, 4) is 0 Å². The van der Waals surface area contributed by atoms with Crippen LogP contribution in [0.4, 0.5) is 5.13 Å². The van der Waals surface area contributed by atoms with E-state index in [-0.39, 0.29) is 5.91 Å². The van der Waals surface area contributed by atoms with Gasteiger partial charge < -0.3 is 11.1 Å². The monoisotopic (exact) mass is 329 g/mol. The summed E-state index contributed by atoms with van der Waals surface area (Å²) in [7, 11) is 0. The Morgan fingerprint density at radius 2 is 2.20 bits per heavy atom. The largest absolute Gasteiger partial charge is 0.375 e. The van der Waals surface area contributed by atoms with Gasteiger partial charge in [0.1, 0.15) is 4.88 Å². The van der Waals surface area contributed by atoms with Crippen LogP contribution < -0.4 is 11.1 Å². The molecule has 0 spiro atoms. The zero-order chi connectivity index (χ0) is 14.7. The molecule has 2 rings (SSSR count). The highest BCUT2D eigenvalue weighted by molar-refractivity contribution is 7.17. The molecule has 1 aromatic heterocycles. The van der Waals surface area contributed by atoms with E-state index in [1.807, 2.05) is 6.07 Å². The first-order chi connectivity index (χ1) is 9.47. The number of nitrogens with zero attached hydrogens (tertiary/aromatic N) is 1. The second-order valence-electron chi connectivity index (χ2n) is 4.21. The highest BCUT2D eigenvalue weighted by Gasteiger charge is 2.13. The van der Waals surface area contributed by atoms with E-state index in [1.54, 1.807) is 19.1 Å². The molecule has 1 amide bonds. The molecule has 0 unspecified atom stereocenters. The van der Waals surface area contributed by atoms with Crippen molar-refractivity contribution in [2.24, 2.45) is 0 Å². The molecular formula is C13H13Cl2N3OS. The molecule has 0 aliphatic carbocycles. The molecule has 20 heavy (non-hydrogen) atoms. The van der Waals surface area contributed by atoms with Gasteiger partial charge in [-0.05, 0) is 31.0 Å². The van der Waals surface area contributed by atoms with Crippen LogP contribution in [-0.2, 0) is 6.42 Å². The van der Waals surface area contributed by atoms with Crippen molar-refractivity contribution in [3.05, 3.63) is 44.4 Å². The number of thiazole rings is 1. The third-order valence-electron chi connectivity index (χ3n) is 2.71. The summed E-state index contributed by atoms with van der Waals surface area (Å²) in [5.41, 5.74) is 7.16. The lowest BCUT2D eigenvalue weighted by atomic mass is 10.1. The van der Waals surface area contributed by atoms with Crippen LogP contribution in [0.3, 0.4) is 0 Å². The van der Waals surface area contributed by atoms with Crippen LogP contribution in [0.5, 0.6) is 0 Å². The first-order valence-electron chi connectivity index (χ1n) is 5.92. The van der Waals surface area contributed by atoms with Gasteiger partial charge in [0, 0.05) is 16.6 Å². The Morgan fingerprint density at radius 1 is 1.45 bits per heavy atom. The molecular weight excluding hydrogens is 317 g/mol. The van der Waals surface area contributed by atoms with Crippen molar-refractivity contribution in [2.45, 2.75) is 13.3 Å². The summed E-state index contributed by atoms with van der Waals surface area (Å²) in [6, 6.07) is 5.32. The van der Waals surface area contributed by atoms with Crippen LogP contribution in [0.1, 0.15) is 20.9 Å². The number of benzene rings is 1. The number of hydrogen-bond acceptors (Lipinski definition) is 4. The topological polar surface area (TPSA) is 68.0 Å². The number of amides is 1. The third kappa shape index (κ3) is 3.62. The highest BCUT2D eigenvalue weighted by Crippen LogP contribution is 2.21. The fourth-order valence-electron chi connectivity index (χ4n) is 1.74. The van der Waals surface area contributed by atoms with E-state index in [2.05, 4.69) is 10.3 Å². The molecule has 106 valence electrons. The average molecular weight is 330 g/mol. The Kier molecular flexibility index (Phi) is 4.86. The second-order valence-corrected chi connectivity index (χ2v) is 6.08. The molecule has 0 bridgehead atoms. The standard InChI is InChI=1S/C13H13Cl2N3OS/c1-7-11(20-13(16)18-7)12(19)17-5-4-8-2-3-9(14)6-10(8)15/h2-3,6H,4-5H2,1H3,(H2,16,18)(H,17,19). The van der Waals surface area contributed by atoms with Gasteiger partial charge in [0.25, 0.3) is 5.91 Å². The van der Waals surface area contributed by atoms with Crippen molar-refractivity contribution in [3.63, 3.8) is 0 Å². The molecule has 2 aromatic rings. The fraction of sp³-hybridized carbons (Fsp3) is 0.231. The zero-order valence-corrected chi connectivity index (χ0v) is 13.1. The number of nitrogen functional groups attached to an aromatic ring is 1. The Labute approximate surface area is 130 Å². The smallest absolute Gasteiger partial charge is 0.263 e. The van der Waals surface area contributed by atoms with Crippen molar-refractivity contribution in [1.82, 2.24) is 10.3 Å². The normalized spacial score (nSPS) is 10.6.